The first-order chi connectivity index (χ1) is 14.7. The molecule has 2 aromatic rings. The van der Waals surface area contributed by atoms with Gasteiger partial charge in [-0.2, -0.15) is 9.97 Å². The zero-order valence-electron chi connectivity index (χ0n) is 18.2. The second-order valence-corrected chi connectivity index (χ2v) is 11.0. The number of fused-ring (bicyclic) bond motifs is 1. The van der Waals surface area contributed by atoms with Gasteiger partial charge in [-0.15, -0.1) is 0 Å². The van der Waals surface area contributed by atoms with Gasteiger partial charge in [-0.25, -0.2) is 4.98 Å². The van der Waals surface area contributed by atoms with Crippen molar-refractivity contribution in [2.24, 2.45) is 0 Å². The number of hydrogen-bond donors (Lipinski definition) is 5. The molecule has 0 saturated carbocycles. The maximum Gasteiger partial charge on any atom is 0.359 e. The van der Waals surface area contributed by atoms with E-state index in [4.69, 9.17) is 26.6 Å². The molecule has 0 amide bonds. The summed E-state index contributed by atoms with van der Waals surface area (Å²) >= 11 is 6.05. The molecule has 0 aliphatic carbocycles. The van der Waals surface area contributed by atoms with Crippen LogP contribution in [0.4, 0.5) is 5.95 Å². The van der Waals surface area contributed by atoms with Gasteiger partial charge < -0.3 is 35.2 Å². The quantitative estimate of drug-likeness (QED) is 0.265. The van der Waals surface area contributed by atoms with Crippen molar-refractivity contribution in [3.05, 3.63) is 11.5 Å². The van der Waals surface area contributed by atoms with Crippen LogP contribution in [0.2, 0.25) is 5.15 Å². The van der Waals surface area contributed by atoms with E-state index in [0.717, 1.165) is 0 Å². The highest BCUT2D eigenvalue weighted by Crippen LogP contribution is 2.59. The number of ether oxygens (including phenoxy) is 1. The number of hydrogen-bond acceptors (Lipinski definition) is 10. The van der Waals surface area contributed by atoms with Crippen LogP contribution >= 0.6 is 19.2 Å². The molecule has 0 bridgehead atoms. The minimum Gasteiger partial charge on any atom is -0.388 e. The molecule has 12 nitrogen and oxygen atoms in total. The highest BCUT2D eigenvalue weighted by atomic mass is 35.5. The second-order valence-electron chi connectivity index (χ2n) is 8.43. The number of rotatable bonds is 8. The predicted molar refractivity (Wildman–Crippen MR) is 116 cm³/mol. The Morgan fingerprint density at radius 1 is 1.28 bits per heavy atom. The molecule has 1 aliphatic rings. The molecule has 32 heavy (non-hydrogen) atoms. The van der Waals surface area contributed by atoms with E-state index in [2.05, 4.69) is 15.0 Å². The molecular formula is C18H29ClN5O7P. The van der Waals surface area contributed by atoms with Gasteiger partial charge in [0.15, 0.2) is 22.4 Å². The molecule has 2 aromatic heterocycles. The van der Waals surface area contributed by atoms with Crippen LogP contribution in [0.5, 0.6) is 0 Å². The third kappa shape index (κ3) is 4.51. The number of anilines is 1. The third-order valence-corrected chi connectivity index (χ3v) is 8.50. The Kier molecular flexibility index (Phi) is 6.92. The summed E-state index contributed by atoms with van der Waals surface area (Å²) in [7, 11) is -4.44. The minimum atomic E-state index is -4.44. The number of halogens is 1. The van der Waals surface area contributed by atoms with Gasteiger partial charge >= 0.3 is 7.60 Å². The van der Waals surface area contributed by atoms with Crippen molar-refractivity contribution in [2.45, 2.75) is 82.4 Å². The molecule has 3 heterocycles. The van der Waals surface area contributed by atoms with Crippen molar-refractivity contribution >= 4 is 36.3 Å². The Hall–Kier alpha value is -1.37. The molecule has 0 spiro atoms. The lowest BCUT2D eigenvalue weighted by molar-refractivity contribution is -0.0689. The number of nitrogens with two attached hydrogens (primary N) is 1. The van der Waals surface area contributed by atoms with Gasteiger partial charge in [0.2, 0.25) is 5.95 Å². The highest BCUT2D eigenvalue weighted by Gasteiger charge is 2.50. The van der Waals surface area contributed by atoms with Crippen molar-refractivity contribution in [2.75, 3.05) is 5.73 Å². The fourth-order valence-corrected chi connectivity index (χ4v) is 5.10. The summed E-state index contributed by atoms with van der Waals surface area (Å²) < 4.78 is 25.5. The van der Waals surface area contributed by atoms with E-state index in [0.29, 0.717) is 0 Å². The maximum atomic E-state index is 12.7. The Labute approximate surface area is 189 Å². The van der Waals surface area contributed by atoms with Crippen LogP contribution in [0.3, 0.4) is 0 Å². The summed E-state index contributed by atoms with van der Waals surface area (Å²) in [6, 6.07) is 0. The standard InChI is InChI=1S/C18H29ClN5O7P/c1-5-17(3,31-32(28,29)18(4,27)6-2)7-9-11(25)12(26)15(30-9)24-8-21-10-13(19)22-16(20)23-14(10)24/h8-9,11-12,15,25-27H,5-7H2,1-4H3,(H,28,29)(H2,20,22,23). The SMILES string of the molecule is CCC(C)(CC1OC(n2cnc3c(Cl)nc(N)nc32)C(O)C1O)OP(=O)(O)C(C)(O)CC. The van der Waals surface area contributed by atoms with E-state index in [1.807, 2.05) is 0 Å². The molecule has 1 saturated heterocycles. The lowest BCUT2D eigenvalue weighted by atomic mass is 9.93. The smallest absolute Gasteiger partial charge is 0.359 e. The second kappa shape index (κ2) is 8.77. The van der Waals surface area contributed by atoms with Gasteiger partial charge in [-0.05, 0) is 26.7 Å². The number of aliphatic hydroxyl groups is 3. The van der Waals surface area contributed by atoms with E-state index in [1.54, 1.807) is 20.8 Å². The van der Waals surface area contributed by atoms with Crippen molar-refractivity contribution in [1.29, 1.82) is 0 Å². The summed E-state index contributed by atoms with van der Waals surface area (Å²) in [5, 5.41) is 29.7. The van der Waals surface area contributed by atoms with Gasteiger partial charge in [0.05, 0.1) is 18.0 Å². The largest absolute Gasteiger partial charge is 0.388 e. The van der Waals surface area contributed by atoms with Crippen LogP contribution in [0, 0.1) is 0 Å². The van der Waals surface area contributed by atoms with Crippen molar-refractivity contribution in [3.63, 3.8) is 0 Å². The summed E-state index contributed by atoms with van der Waals surface area (Å²) in [6.07, 6.45) is -3.16. The molecule has 7 unspecified atom stereocenters. The van der Waals surface area contributed by atoms with E-state index in [9.17, 15) is 24.8 Å². The van der Waals surface area contributed by atoms with Crippen LogP contribution in [0.15, 0.2) is 6.33 Å². The van der Waals surface area contributed by atoms with Crippen molar-refractivity contribution < 1.29 is 34.0 Å². The first-order valence-corrected chi connectivity index (χ1v) is 12.1. The number of imidazole rings is 1. The Morgan fingerprint density at radius 2 is 1.94 bits per heavy atom. The molecule has 7 atom stereocenters. The predicted octanol–water partition coefficient (Wildman–Crippen LogP) is 1.56. The highest BCUT2D eigenvalue weighted by molar-refractivity contribution is 7.54. The zero-order valence-corrected chi connectivity index (χ0v) is 19.9. The topological polar surface area (TPSA) is 186 Å². The lowest BCUT2D eigenvalue weighted by Crippen LogP contribution is -2.40. The Balaban J connectivity index is 1.86. The maximum absolute atomic E-state index is 12.7. The fourth-order valence-electron chi connectivity index (χ4n) is 3.48. The molecule has 0 radical (unpaired) electrons. The molecule has 0 aromatic carbocycles. The Bertz CT molecular complexity index is 1040. The molecule has 180 valence electrons. The van der Waals surface area contributed by atoms with Crippen LogP contribution < -0.4 is 5.73 Å². The van der Waals surface area contributed by atoms with Gasteiger partial charge in [-0.3, -0.25) is 9.13 Å². The fraction of sp³-hybridized carbons (Fsp3) is 0.722. The number of aliphatic hydroxyl groups excluding tert-OH is 2. The molecular weight excluding hydrogens is 465 g/mol. The van der Waals surface area contributed by atoms with E-state index in [-0.39, 0.29) is 41.5 Å². The van der Waals surface area contributed by atoms with Crippen LogP contribution in [-0.2, 0) is 13.8 Å². The van der Waals surface area contributed by atoms with Crippen LogP contribution in [0.1, 0.15) is 53.2 Å². The summed E-state index contributed by atoms with van der Waals surface area (Å²) in [5.74, 6) is -0.0949. The Morgan fingerprint density at radius 3 is 2.53 bits per heavy atom. The zero-order chi connectivity index (χ0) is 24.1. The summed E-state index contributed by atoms with van der Waals surface area (Å²) in [4.78, 5) is 22.4. The van der Waals surface area contributed by atoms with Gasteiger partial charge in [0.25, 0.3) is 0 Å². The summed E-state index contributed by atoms with van der Waals surface area (Å²) in [5.41, 5.74) is 4.89. The molecule has 3 rings (SSSR count). The average Bonchev–Trinajstić information content (AvgIpc) is 3.23. The van der Waals surface area contributed by atoms with Crippen LogP contribution in [-0.4, -0.2) is 69.0 Å². The van der Waals surface area contributed by atoms with E-state index < -0.39 is 43.1 Å². The third-order valence-electron chi connectivity index (χ3n) is 6.01. The monoisotopic (exact) mass is 493 g/mol. The number of nitrogen functional groups attached to an aromatic ring is 1. The molecule has 14 heteroatoms. The van der Waals surface area contributed by atoms with Gasteiger partial charge in [0, 0.05) is 6.42 Å². The lowest BCUT2D eigenvalue weighted by Gasteiger charge is -2.37. The van der Waals surface area contributed by atoms with Gasteiger partial charge in [0.1, 0.15) is 17.7 Å². The first-order valence-electron chi connectivity index (χ1n) is 10.2. The average molecular weight is 494 g/mol. The van der Waals surface area contributed by atoms with Crippen molar-refractivity contribution in [3.8, 4) is 0 Å². The van der Waals surface area contributed by atoms with E-state index >= 15 is 0 Å². The summed E-state index contributed by atoms with van der Waals surface area (Å²) in [6.45, 7) is 6.12. The number of nitrogens with zero attached hydrogens (tertiary/aromatic N) is 4. The minimum absolute atomic E-state index is 0.00512. The van der Waals surface area contributed by atoms with Gasteiger partial charge in [-0.1, -0.05) is 25.4 Å². The van der Waals surface area contributed by atoms with Crippen molar-refractivity contribution in [1.82, 2.24) is 19.5 Å². The molecule has 1 fully saturated rings. The number of aromatic nitrogens is 4. The first kappa shape index (κ1) is 25.3. The normalized spacial score (nSPS) is 29.5. The van der Waals surface area contributed by atoms with Crippen LogP contribution in [0.25, 0.3) is 11.2 Å². The molecule has 6 N–H and O–H groups in total. The molecule has 1 aliphatic heterocycles. The van der Waals surface area contributed by atoms with E-state index in [1.165, 1.54) is 17.8 Å².